The third-order valence-corrected chi connectivity index (χ3v) is 3.58. The summed E-state index contributed by atoms with van der Waals surface area (Å²) in [5, 5.41) is 6.59. The molecule has 8 heteroatoms. The van der Waals surface area contributed by atoms with Gasteiger partial charge in [-0.25, -0.2) is 18.9 Å². The van der Waals surface area contributed by atoms with Gasteiger partial charge < -0.3 is 15.0 Å². The van der Waals surface area contributed by atoms with Crippen molar-refractivity contribution >= 4 is 11.7 Å². The molecule has 3 rings (SSSR count). The minimum atomic E-state index is -0.490. The zero-order chi connectivity index (χ0) is 16.4. The molecule has 2 heterocycles. The van der Waals surface area contributed by atoms with E-state index in [1.807, 2.05) is 13.8 Å². The van der Waals surface area contributed by atoms with Crippen molar-refractivity contribution in [3.8, 4) is 5.69 Å². The molecule has 0 spiro atoms. The van der Waals surface area contributed by atoms with E-state index in [0.717, 1.165) is 0 Å². The Hall–Kier alpha value is -2.48. The smallest absolute Gasteiger partial charge is 0.322 e. The third kappa shape index (κ3) is 3.48. The number of halogens is 1. The highest BCUT2D eigenvalue weighted by molar-refractivity contribution is 5.89. The van der Waals surface area contributed by atoms with E-state index in [0.29, 0.717) is 25.4 Å². The van der Waals surface area contributed by atoms with Gasteiger partial charge in [0.2, 0.25) is 0 Å². The van der Waals surface area contributed by atoms with Crippen LogP contribution in [0.1, 0.15) is 13.8 Å². The SMILES string of the molecule is CC1(C)CN(C(=O)Nc2ccc(-n3cncn3)c(F)c2)CCO1. The molecule has 0 bridgehead atoms. The van der Waals surface area contributed by atoms with Gasteiger partial charge >= 0.3 is 6.03 Å². The van der Waals surface area contributed by atoms with E-state index in [4.69, 9.17) is 4.74 Å². The lowest BCUT2D eigenvalue weighted by molar-refractivity contribution is -0.0720. The molecule has 0 atom stereocenters. The predicted octanol–water partition coefficient (Wildman–Crippen LogP) is 2.05. The second-order valence-electron chi connectivity index (χ2n) is 5.97. The van der Waals surface area contributed by atoms with Gasteiger partial charge in [0.15, 0.2) is 5.82 Å². The van der Waals surface area contributed by atoms with Crippen LogP contribution >= 0.6 is 0 Å². The van der Waals surface area contributed by atoms with E-state index in [-0.39, 0.29) is 17.3 Å². The van der Waals surface area contributed by atoms with E-state index >= 15 is 0 Å². The highest BCUT2D eigenvalue weighted by Crippen LogP contribution is 2.20. The molecule has 1 aromatic heterocycles. The lowest BCUT2D eigenvalue weighted by Gasteiger charge is -2.38. The van der Waals surface area contributed by atoms with Crippen LogP contribution in [0.15, 0.2) is 30.9 Å². The van der Waals surface area contributed by atoms with Crippen LogP contribution in [-0.4, -0.2) is 51.0 Å². The first-order valence-corrected chi connectivity index (χ1v) is 7.29. The normalized spacial score (nSPS) is 17.1. The van der Waals surface area contributed by atoms with Gasteiger partial charge in [0, 0.05) is 12.2 Å². The molecule has 1 fully saturated rings. The zero-order valence-corrected chi connectivity index (χ0v) is 13.0. The van der Waals surface area contributed by atoms with Crippen molar-refractivity contribution in [1.82, 2.24) is 19.7 Å². The van der Waals surface area contributed by atoms with Gasteiger partial charge in [0.1, 0.15) is 18.3 Å². The van der Waals surface area contributed by atoms with Crippen molar-refractivity contribution in [3.63, 3.8) is 0 Å². The van der Waals surface area contributed by atoms with Gasteiger partial charge in [-0.1, -0.05) is 0 Å². The van der Waals surface area contributed by atoms with Gasteiger partial charge in [-0.05, 0) is 32.0 Å². The summed E-state index contributed by atoms with van der Waals surface area (Å²) in [6.45, 7) is 5.34. The average molecular weight is 319 g/mol. The summed E-state index contributed by atoms with van der Waals surface area (Å²) in [6.07, 6.45) is 2.74. The van der Waals surface area contributed by atoms with Crippen molar-refractivity contribution in [2.24, 2.45) is 0 Å². The lowest BCUT2D eigenvalue weighted by Crippen LogP contribution is -2.51. The molecule has 0 radical (unpaired) electrons. The number of anilines is 1. The molecule has 0 aliphatic carbocycles. The summed E-state index contributed by atoms with van der Waals surface area (Å²) in [5.74, 6) is -0.490. The number of morpholine rings is 1. The summed E-state index contributed by atoms with van der Waals surface area (Å²) < 4.78 is 21.1. The van der Waals surface area contributed by atoms with Crippen LogP contribution in [-0.2, 0) is 4.74 Å². The number of urea groups is 1. The summed E-state index contributed by atoms with van der Waals surface area (Å²) in [4.78, 5) is 17.7. The topological polar surface area (TPSA) is 72.3 Å². The first-order valence-electron chi connectivity index (χ1n) is 7.29. The molecule has 1 N–H and O–H groups in total. The van der Waals surface area contributed by atoms with E-state index in [9.17, 15) is 9.18 Å². The molecule has 1 saturated heterocycles. The third-order valence-electron chi connectivity index (χ3n) is 3.58. The van der Waals surface area contributed by atoms with E-state index in [2.05, 4.69) is 15.4 Å². The number of carbonyl (C=O) groups is 1. The number of aromatic nitrogens is 3. The Morgan fingerprint density at radius 3 is 2.91 bits per heavy atom. The molecule has 7 nitrogen and oxygen atoms in total. The number of nitrogens with zero attached hydrogens (tertiary/aromatic N) is 4. The molecule has 23 heavy (non-hydrogen) atoms. The highest BCUT2D eigenvalue weighted by atomic mass is 19.1. The summed E-state index contributed by atoms with van der Waals surface area (Å²) in [7, 11) is 0. The molecule has 122 valence electrons. The van der Waals surface area contributed by atoms with Gasteiger partial charge in [-0.3, -0.25) is 0 Å². The Morgan fingerprint density at radius 1 is 1.43 bits per heavy atom. The number of hydrogen-bond acceptors (Lipinski definition) is 4. The zero-order valence-electron chi connectivity index (χ0n) is 13.0. The fraction of sp³-hybridized carbons (Fsp3) is 0.400. The van der Waals surface area contributed by atoms with Gasteiger partial charge in [0.25, 0.3) is 0 Å². The highest BCUT2D eigenvalue weighted by Gasteiger charge is 2.30. The van der Waals surface area contributed by atoms with E-state index < -0.39 is 5.82 Å². The van der Waals surface area contributed by atoms with E-state index in [1.54, 1.807) is 17.0 Å². The van der Waals surface area contributed by atoms with Gasteiger partial charge in [0.05, 0.1) is 18.8 Å². The van der Waals surface area contributed by atoms with Crippen molar-refractivity contribution in [2.75, 3.05) is 25.0 Å². The van der Waals surface area contributed by atoms with Crippen molar-refractivity contribution < 1.29 is 13.9 Å². The Bertz CT molecular complexity index is 702. The molecule has 0 saturated carbocycles. The summed E-state index contributed by atoms with van der Waals surface area (Å²) >= 11 is 0. The van der Waals surface area contributed by atoms with Crippen LogP contribution in [0.5, 0.6) is 0 Å². The number of hydrogen-bond donors (Lipinski definition) is 1. The maximum absolute atomic E-state index is 14.2. The molecular weight excluding hydrogens is 301 g/mol. The second kappa shape index (κ2) is 5.96. The fourth-order valence-corrected chi connectivity index (χ4v) is 2.50. The number of rotatable bonds is 2. The Balaban J connectivity index is 1.71. The number of nitrogens with one attached hydrogen (secondary N) is 1. The van der Waals surface area contributed by atoms with Gasteiger partial charge in [-0.2, -0.15) is 5.10 Å². The molecule has 0 unspecified atom stereocenters. The van der Waals surface area contributed by atoms with Crippen LogP contribution < -0.4 is 5.32 Å². The summed E-state index contributed by atoms with van der Waals surface area (Å²) in [6, 6.07) is 4.17. The molecular formula is C15H18FN5O2. The Kier molecular flexibility index (Phi) is 3.99. The molecule has 1 aliphatic heterocycles. The second-order valence-corrected chi connectivity index (χ2v) is 5.97. The van der Waals surface area contributed by atoms with Crippen molar-refractivity contribution in [3.05, 3.63) is 36.7 Å². The maximum Gasteiger partial charge on any atom is 0.322 e. The summed E-state index contributed by atoms with van der Waals surface area (Å²) in [5.41, 5.74) is 0.284. The first kappa shape index (κ1) is 15.4. The standard InChI is InChI=1S/C15H18FN5O2/c1-15(2)8-20(5-6-23-15)14(22)19-11-3-4-13(12(16)7-11)21-10-17-9-18-21/h3-4,7,9-10H,5-6,8H2,1-2H3,(H,19,22). The molecule has 1 aromatic carbocycles. The van der Waals surface area contributed by atoms with Crippen LogP contribution in [0.25, 0.3) is 5.69 Å². The quantitative estimate of drug-likeness (QED) is 0.919. The first-order chi connectivity index (χ1) is 10.9. The Labute approximate surface area is 133 Å². The monoisotopic (exact) mass is 319 g/mol. The predicted molar refractivity (Wildman–Crippen MR) is 81.9 cm³/mol. The van der Waals surface area contributed by atoms with Crippen molar-refractivity contribution in [1.29, 1.82) is 0 Å². The Morgan fingerprint density at radius 2 is 2.26 bits per heavy atom. The minimum Gasteiger partial charge on any atom is -0.372 e. The van der Waals surface area contributed by atoms with Crippen LogP contribution in [0, 0.1) is 5.82 Å². The van der Waals surface area contributed by atoms with Crippen LogP contribution in [0.2, 0.25) is 0 Å². The molecule has 1 aliphatic rings. The van der Waals surface area contributed by atoms with Gasteiger partial charge in [-0.15, -0.1) is 0 Å². The molecule has 2 aromatic rings. The lowest BCUT2D eigenvalue weighted by atomic mass is 10.1. The van der Waals surface area contributed by atoms with Crippen molar-refractivity contribution in [2.45, 2.75) is 19.4 Å². The number of carbonyl (C=O) groups excluding carboxylic acids is 1. The number of ether oxygens (including phenoxy) is 1. The number of amides is 2. The maximum atomic E-state index is 14.2. The van der Waals surface area contributed by atoms with Crippen LogP contribution in [0.3, 0.4) is 0 Å². The van der Waals surface area contributed by atoms with E-state index in [1.165, 1.54) is 23.4 Å². The molecule has 2 amide bonds. The minimum absolute atomic E-state index is 0.269. The van der Waals surface area contributed by atoms with Crippen LogP contribution in [0.4, 0.5) is 14.9 Å². The average Bonchev–Trinajstić information content (AvgIpc) is 3.00. The fourth-order valence-electron chi connectivity index (χ4n) is 2.50. The largest absolute Gasteiger partial charge is 0.372 e. The number of benzene rings is 1.